The number of rotatable bonds is 0. The lowest BCUT2D eigenvalue weighted by molar-refractivity contribution is -0.521. The molecule has 0 bridgehead atoms. The number of aromatic nitrogens is 1. The Bertz CT molecular complexity index is 396. The predicted molar refractivity (Wildman–Crippen MR) is 38.6 cm³/mol. The second kappa shape index (κ2) is 2.10. The summed E-state index contributed by atoms with van der Waals surface area (Å²) in [5.41, 5.74) is 0. The zero-order valence-corrected chi connectivity index (χ0v) is 6.34. The van der Waals surface area contributed by atoms with Crippen molar-refractivity contribution >= 4 is 16.2 Å². The quantitative estimate of drug-likeness (QED) is 0.572. The van der Waals surface area contributed by atoms with Gasteiger partial charge in [-0.1, -0.05) is 17.4 Å². The molecule has 56 valence electrons. The minimum absolute atomic E-state index is 0.0576. The van der Waals surface area contributed by atoms with E-state index in [-0.39, 0.29) is 11.6 Å². The van der Waals surface area contributed by atoms with Crippen LogP contribution < -0.4 is 9.51 Å². The van der Waals surface area contributed by atoms with Crippen molar-refractivity contribution < 1.29 is 14.6 Å². The van der Waals surface area contributed by atoms with Crippen LogP contribution >= 0.6 is 11.3 Å². The van der Waals surface area contributed by atoms with E-state index in [2.05, 4.69) is 0 Å². The van der Waals surface area contributed by atoms with Crippen molar-refractivity contribution in [3.05, 3.63) is 23.7 Å². The van der Waals surface area contributed by atoms with Crippen LogP contribution in [0.1, 0.15) is 0 Å². The van der Waals surface area contributed by atoms with E-state index in [1.807, 2.05) is 0 Å². The van der Waals surface area contributed by atoms with Gasteiger partial charge in [-0.3, -0.25) is 0 Å². The van der Waals surface area contributed by atoms with Crippen molar-refractivity contribution in [1.82, 2.24) is 0 Å². The molecule has 0 unspecified atom stereocenters. The van der Waals surface area contributed by atoms with Gasteiger partial charge in [0.1, 0.15) is 5.38 Å². The van der Waals surface area contributed by atoms with Crippen LogP contribution in [-0.2, 0) is 0 Å². The van der Waals surface area contributed by atoms with Gasteiger partial charge in [-0.05, 0) is 5.75 Å². The van der Waals surface area contributed by atoms with Crippen molar-refractivity contribution in [2.75, 3.05) is 0 Å². The summed E-state index contributed by atoms with van der Waals surface area (Å²) in [6.45, 7) is 0. The van der Waals surface area contributed by atoms with Crippen molar-refractivity contribution in [2.45, 2.75) is 0 Å². The normalized spacial score (nSPS) is 10.5. The van der Waals surface area contributed by atoms with Crippen LogP contribution in [0.25, 0.3) is 4.83 Å². The summed E-state index contributed by atoms with van der Waals surface area (Å²) >= 11 is 1.24. The molecule has 2 heterocycles. The molecule has 0 aliphatic rings. The van der Waals surface area contributed by atoms with E-state index in [0.29, 0.717) is 4.83 Å². The second-order valence-electron chi connectivity index (χ2n) is 2.14. The first-order valence-corrected chi connectivity index (χ1v) is 3.95. The van der Waals surface area contributed by atoms with E-state index in [4.69, 9.17) is 0 Å². The molecule has 0 aliphatic heterocycles. The molecule has 2 aromatic rings. The summed E-state index contributed by atoms with van der Waals surface area (Å²) in [6, 6.07) is 3.09. The molecule has 0 radical (unpaired) electrons. The number of hydrogen-bond acceptors (Lipinski definition) is 3. The summed E-state index contributed by atoms with van der Waals surface area (Å²) in [7, 11) is 0. The smallest absolute Gasteiger partial charge is 0.382 e. The molecule has 2 rings (SSSR count). The highest BCUT2D eigenvalue weighted by atomic mass is 32.1. The molecular formula is C7H5NO2S. The number of fused-ring (bicyclic) bond motifs is 1. The Morgan fingerprint density at radius 3 is 3.09 bits per heavy atom. The summed E-state index contributed by atoms with van der Waals surface area (Å²) in [5, 5.41) is 21.8. The third-order valence-corrected chi connectivity index (χ3v) is 2.38. The summed E-state index contributed by atoms with van der Waals surface area (Å²) in [4.78, 5) is 0.546. The SMILES string of the molecule is [O-]c1ccc[n+]2c(O)csc12. The Hall–Kier alpha value is -1.29. The second-order valence-corrected chi connectivity index (χ2v) is 3.00. The Balaban J connectivity index is 2.94. The molecule has 0 amide bonds. The molecule has 0 atom stereocenters. The van der Waals surface area contributed by atoms with Gasteiger partial charge in [0.05, 0.1) is 0 Å². The minimum atomic E-state index is -0.0576. The number of thiazole rings is 1. The van der Waals surface area contributed by atoms with Gasteiger partial charge >= 0.3 is 5.88 Å². The van der Waals surface area contributed by atoms with Crippen molar-refractivity contribution in [3.63, 3.8) is 0 Å². The number of hydrogen-bond donors (Lipinski definition) is 1. The molecule has 0 saturated heterocycles. The van der Waals surface area contributed by atoms with Gasteiger partial charge in [0.15, 0.2) is 6.20 Å². The Labute approximate surface area is 66.8 Å². The Morgan fingerprint density at radius 2 is 2.36 bits per heavy atom. The zero-order chi connectivity index (χ0) is 7.84. The summed E-state index contributed by atoms with van der Waals surface area (Å²) in [5.74, 6) is 0.0560. The monoisotopic (exact) mass is 167 g/mol. The number of aromatic hydroxyl groups is 1. The van der Waals surface area contributed by atoms with Crippen LogP contribution in [0.5, 0.6) is 11.6 Å². The van der Waals surface area contributed by atoms with E-state index < -0.39 is 0 Å². The average Bonchev–Trinajstić information content (AvgIpc) is 2.35. The van der Waals surface area contributed by atoms with Crippen LogP contribution in [-0.4, -0.2) is 5.11 Å². The van der Waals surface area contributed by atoms with Gasteiger partial charge in [0.25, 0.3) is 4.83 Å². The molecule has 11 heavy (non-hydrogen) atoms. The highest BCUT2D eigenvalue weighted by Gasteiger charge is 2.09. The Kier molecular flexibility index (Phi) is 1.22. The minimum Gasteiger partial charge on any atom is -0.867 e. The van der Waals surface area contributed by atoms with Crippen molar-refractivity contribution in [3.8, 4) is 11.6 Å². The van der Waals surface area contributed by atoms with E-state index in [9.17, 15) is 10.2 Å². The molecule has 1 N–H and O–H groups in total. The number of nitrogens with zero attached hydrogens (tertiary/aromatic N) is 1. The molecule has 0 aromatic carbocycles. The lowest BCUT2D eigenvalue weighted by Crippen LogP contribution is -2.18. The molecule has 3 nitrogen and oxygen atoms in total. The van der Waals surface area contributed by atoms with Crippen LogP contribution in [0.2, 0.25) is 0 Å². The fraction of sp³-hybridized carbons (Fsp3) is 0. The molecule has 2 aromatic heterocycles. The zero-order valence-electron chi connectivity index (χ0n) is 5.52. The highest BCUT2D eigenvalue weighted by molar-refractivity contribution is 7.15. The van der Waals surface area contributed by atoms with Gasteiger partial charge in [0.2, 0.25) is 0 Å². The van der Waals surface area contributed by atoms with Crippen LogP contribution in [0.4, 0.5) is 0 Å². The highest BCUT2D eigenvalue weighted by Crippen LogP contribution is 2.19. The maximum atomic E-state index is 11.1. The lowest BCUT2D eigenvalue weighted by Gasteiger charge is -1.97. The molecular weight excluding hydrogens is 162 g/mol. The lowest BCUT2D eigenvalue weighted by atomic mass is 10.4. The van der Waals surface area contributed by atoms with E-state index >= 15 is 0 Å². The summed E-state index contributed by atoms with van der Waals surface area (Å²) < 4.78 is 1.47. The third kappa shape index (κ3) is 0.832. The van der Waals surface area contributed by atoms with Crippen LogP contribution in [0, 0.1) is 0 Å². The molecule has 0 fully saturated rings. The maximum absolute atomic E-state index is 11.1. The van der Waals surface area contributed by atoms with Gasteiger partial charge in [-0.15, -0.1) is 4.40 Å². The number of pyridine rings is 1. The predicted octanol–water partition coefficient (Wildman–Crippen LogP) is 0.266. The topological polar surface area (TPSA) is 47.4 Å². The van der Waals surface area contributed by atoms with Gasteiger partial charge < -0.3 is 10.2 Å². The standard InChI is InChI=1S/C7H5NO2S/c9-5-2-1-3-8-6(10)4-11-7(5)8/h1-4H,(H-,9,10). The maximum Gasteiger partial charge on any atom is 0.382 e. The molecule has 0 saturated carbocycles. The fourth-order valence-electron chi connectivity index (χ4n) is 0.935. The first-order valence-electron chi connectivity index (χ1n) is 3.07. The first kappa shape index (κ1) is 6.42. The van der Waals surface area contributed by atoms with E-state index in [1.54, 1.807) is 12.3 Å². The van der Waals surface area contributed by atoms with Gasteiger partial charge in [-0.25, -0.2) is 0 Å². The van der Waals surface area contributed by atoms with Crippen molar-refractivity contribution in [1.29, 1.82) is 0 Å². The van der Waals surface area contributed by atoms with Gasteiger partial charge in [-0.2, -0.15) is 0 Å². The average molecular weight is 167 g/mol. The van der Waals surface area contributed by atoms with E-state index in [0.717, 1.165) is 0 Å². The first-order chi connectivity index (χ1) is 5.29. The van der Waals surface area contributed by atoms with E-state index in [1.165, 1.54) is 27.2 Å². The third-order valence-electron chi connectivity index (χ3n) is 1.44. The van der Waals surface area contributed by atoms with Gasteiger partial charge in [0, 0.05) is 6.07 Å². The molecule has 0 spiro atoms. The Morgan fingerprint density at radius 1 is 1.55 bits per heavy atom. The van der Waals surface area contributed by atoms with Crippen LogP contribution in [0.3, 0.4) is 0 Å². The largest absolute Gasteiger partial charge is 0.867 e. The van der Waals surface area contributed by atoms with Crippen LogP contribution in [0.15, 0.2) is 23.7 Å². The van der Waals surface area contributed by atoms with Crippen molar-refractivity contribution in [2.24, 2.45) is 0 Å². The molecule has 0 aliphatic carbocycles. The fourth-order valence-corrected chi connectivity index (χ4v) is 1.72. The molecule has 4 heteroatoms. The summed E-state index contributed by atoms with van der Waals surface area (Å²) in [6.07, 6.45) is 1.66.